The van der Waals surface area contributed by atoms with Crippen LogP contribution in [0.1, 0.15) is 40.8 Å². The van der Waals surface area contributed by atoms with Crippen molar-refractivity contribution < 1.29 is 9.59 Å². The van der Waals surface area contributed by atoms with E-state index in [1.54, 1.807) is 0 Å². The van der Waals surface area contributed by atoms with Crippen molar-refractivity contribution in [1.82, 2.24) is 0 Å². The minimum Gasteiger partial charge on any atom is -0.397 e. The fraction of sp³-hybridized carbons (Fsp3) is 0.538. The molecule has 1 aromatic heterocycles. The minimum absolute atomic E-state index is 0.128. The van der Waals surface area contributed by atoms with Crippen molar-refractivity contribution in [3.63, 3.8) is 0 Å². The zero-order chi connectivity index (χ0) is 14.3. The molecule has 1 aliphatic rings. The van der Waals surface area contributed by atoms with E-state index in [0.717, 1.165) is 18.1 Å². The van der Waals surface area contributed by atoms with Crippen molar-refractivity contribution in [2.45, 2.75) is 20.8 Å². The Kier molecular flexibility index (Phi) is 3.54. The Morgan fingerprint density at radius 2 is 1.79 bits per heavy atom. The van der Waals surface area contributed by atoms with Gasteiger partial charge in [0.25, 0.3) is 5.91 Å². The third-order valence-corrected chi connectivity index (χ3v) is 5.14. The van der Waals surface area contributed by atoms with E-state index in [4.69, 9.17) is 11.5 Å². The van der Waals surface area contributed by atoms with Crippen LogP contribution in [0.15, 0.2) is 0 Å². The van der Waals surface area contributed by atoms with Crippen LogP contribution >= 0.6 is 11.3 Å². The van der Waals surface area contributed by atoms with Crippen molar-refractivity contribution in [2.24, 2.45) is 17.6 Å². The molecule has 1 aliphatic heterocycles. The lowest BCUT2D eigenvalue weighted by molar-refractivity contribution is 0.100. The van der Waals surface area contributed by atoms with Crippen molar-refractivity contribution in [3.8, 4) is 0 Å². The van der Waals surface area contributed by atoms with Gasteiger partial charge in [0.1, 0.15) is 5.00 Å². The van der Waals surface area contributed by atoms with Gasteiger partial charge >= 0.3 is 0 Å². The monoisotopic (exact) mass is 281 g/mol. The SMILES string of the molecule is CC(=O)c1sc(N2CC(C)C(C)C2)c(C(N)=O)c1N. The zero-order valence-electron chi connectivity index (χ0n) is 11.4. The third kappa shape index (κ3) is 2.32. The fourth-order valence-electron chi connectivity index (χ4n) is 2.45. The molecule has 1 saturated heterocycles. The lowest BCUT2D eigenvalue weighted by Crippen LogP contribution is -2.23. The maximum atomic E-state index is 11.6. The number of ketones is 1. The predicted molar refractivity (Wildman–Crippen MR) is 77.8 cm³/mol. The van der Waals surface area contributed by atoms with Crippen LogP contribution in [0.25, 0.3) is 0 Å². The maximum Gasteiger partial charge on any atom is 0.253 e. The largest absolute Gasteiger partial charge is 0.397 e. The maximum absolute atomic E-state index is 11.6. The first kappa shape index (κ1) is 13.9. The predicted octanol–water partition coefficient (Wildman–Crippen LogP) is 1.72. The van der Waals surface area contributed by atoms with Crippen LogP contribution in [0.3, 0.4) is 0 Å². The number of hydrogen-bond donors (Lipinski definition) is 2. The molecule has 6 heteroatoms. The van der Waals surface area contributed by atoms with E-state index in [2.05, 4.69) is 18.7 Å². The molecule has 104 valence electrons. The molecule has 0 radical (unpaired) electrons. The van der Waals surface area contributed by atoms with Gasteiger partial charge in [-0.3, -0.25) is 9.59 Å². The van der Waals surface area contributed by atoms with Crippen molar-refractivity contribution >= 4 is 33.7 Å². The van der Waals surface area contributed by atoms with Crippen molar-refractivity contribution in [1.29, 1.82) is 0 Å². The second-order valence-corrected chi connectivity index (χ2v) is 6.30. The molecule has 0 aliphatic carbocycles. The summed E-state index contributed by atoms with van der Waals surface area (Å²) in [6, 6.07) is 0. The number of primary amides is 1. The van der Waals surface area contributed by atoms with Gasteiger partial charge in [-0.25, -0.2) is 0 Å². The van der Waals surface area contributed by atoms with Crippen molar-refractivity contribution in [2.75, 3.05) is 23.7 Å². The van der Waals surface area contributed by atoms with Crippen LogP contribution in [0.5, 0.6) is 0 Å². The second kappa shape index (κ2) is 4.85. The van der Waals surface area contributed by atoms with Crippen LogP contribution in [0.4, 0.5) is 10.7 Å². The smallest absolute Gasteiger partial charge is 0.253 e. The Hall–Kier alpha value is -1.56. The van der Waals surface area contributed by atoms with Gasteiger partial charge in [0.05, 0.1) is 16.1 Å². The van der Waals surface area contributed by atoms with Crippen LogP contribution < -0.4 is 16.4 Å². The van der Waals surface area contributed by atoms with Gasteiger partial charge in [0, 0.05) is 20.0 Å². The van der Waals surface area contributed by atoms with E-state index < -0.39 is 5.91 Å². The highest BCUT2D eigenvalue weighted by atomic mass is 32.1. The Labute approximate surface area is 116 Å². The average Bonchev–Trinajstić information content (AvgIpc) is 2.80. The highest BCUT2D eigenvalue weighted by molar-refractivity contribution is 7.19. The molecule has 2 atom stereocenters. The molecule has 0 saturated carbocycles. The van der Waals surface area contributed by atoms with Crippen LogP contribution in [0, 0.1) is 11.8 Å². The van der Waals surface area contributed by atoms with Gasteiger partial charge in [-0.15, -0.1) is 11.3 Å². The minimum atomic E-state index is -0.566. The molecule has 0 aromatic carbocycles. The normalized spacial score (nSPS) is 22.8. The molecule has 0 spiro atoms. The summed E-state index contributed by atoms with van der Waals surface area (Å²) >= 11 is 1.27. The van der Waals surface area contributed by atoms with E-state index in [1.807, 2.05) is 0 Å². The lowest BCUT2D eigenvalue weighted by atomic mass is 10.0. The summed E-state index contributed by atoms with van der Waals surface area (Å²) < 4.78 is 0. The van der Waals surface area contributed by atoms with Gasteiger partial charge in [-0.05, 0) is 11.8 Å². The van der Waals surface area contributed by atoms with Gasteiger partial charge in [-0.1, -0.05) is 13.8 Å². The zero-order valence-corrected chi connectivity index (χ0v) is 12.2. The van der Waals surface area contributed by atoms with Crippen LogP contribution in [-0.4, -0.2) is 24.8 Å². The summed E-state index contributed by atoms with van der Waals surface area (Å²) in [5.41, 5.74) is 11.9. The Morgan fingerprint density at radius 3 is 2.21 bits per heavy atom. The number of amides is 1. The number of carbonyl (C=O) groups excluding carboxylic acids is 2. The summed E-state index contributed by atoms with van der Waals surface area (Å²) in [6.07, 6.45) is 0. The second-order valence-electron chi connectivity index (χ2n) is 5.31. The number of nitrogens with two attached hydrogens (primary N) is 2. The van der Waals surface area contributed by atoms with Crippen molar-refractivity contribution in [3.05, 3.63) is 10.4 Å². The van der Waals surface area contributed by atoms with E-state index in [1.165, 1.54) is 18.3 Å². The highest BCUT2D eigenvalue weighted by Crippen LogP contribution is 2.41. The Morgan fingerprint density at radius 1 is 1.26 bits per heavy atom. The topological polar surface area (TPSA) is 89.4 Å². The molecule has 0 bridgehead atoms. The first-order valence-electron chi connectivity index (χ1n) is 6.30. The molecule has 5 nitrogen and oxygen atoms in total. The van der Waals surface area contributed by atoms with Gasteiger partial charge < -0.3 is 16.4 Å². The molecule has 1 aromatic rings. The van der Waals surface area contributed by atoms with Crippen LogP contribution in [0.2, 0.25) is 0 Å². The average molecular weight is 281 g/mol. The third-order valence-electron chi connectivity index (χ3n) is 3.77. The van der Waals surface area contributed by atoms with Gasteiger partial charge in [0.15, 0.2) is 5.78 Å². The van der Waals surface area contributed by atoms with E-state index in [-0.39, 0.29) is 11.5 Å². The number of nitrogens with zero attached hydrogens (tertiary/aromatic N) is 1. The number of rotatable bonds is 3. The molecular formula is C13H19N3O2S. The lowest BCUT2D eigenvalue weighted by Gasteiger charge is -2.17. The summed E-state index contributed by atoms with van der Waals surface area (Å²) in [4.78, 5) is 25.7. The van der Waals surface area contributed by atoms with Gasteiger partial charge in [-0.2, -0.15) is 0 Å². The first-order valence-corrected chi connectivity index (χ1v) is 7.12. The summed E-state index contributed by atoms with van der Waals surface area (Å²) in [7, 11) is 0. The van der Waals surface area contributed by atoms with Crippen LogP contribution in [-0.2, 0) is 0 Å². The number of carbonyl (C=O) groups is 2. The molecule has 2 heterocycles. The van der Waals surface area contributed by atoms with E-state index in [9.17, 15) is 9.59 Å². The standard InChI is InChI=1S/C13H19N3O2S/c1-6-4-16(5-7(6)2)13-9(12(15)18)10(14)11(19-13)8(3)17/h6-7H,4-5,14H2,1-3H3,(H2,15,18). The highest BCUT2D eigenvalue weighted by Gasteiger charge is 2.32. The van der Waals surface area contributed by atoms with E-state index in [0.29, 0.717) is 22.3 Å². The summed E-state index contributed by atoms with van der Waals surface area (Å²) in [6.45, 7) is 7.53. The van der Waals surface area contributed by atoms with Gasteiger partial charge in [0.2, 0.25) is 0 Å². The quantitative estimate of drug-likeness (QED) is 0.826. The fourth-order valence-corrected chi connectivity index (χ4v) is 3.59. The number of anilines is 2. The molecule has 4 N–H and O–H groups in total. The van der Waals surface area contributed by atoms with E-state index >= 15 is 0 Å². The number of thiophene rings is 1. The Bertz CT molecular complexity index is 528. The number of nitrogen functional groups attached to an aromatic ring is 1. The summed E-state index contributed by atoms with van der Waals surface area (Å²) in [5.74, 6) is 0.398. The number of hydrogen-bond acceptors (Lipinski definition) is 5. The molecular weight excluding hydrogens is 262 g/mol. The molecule has 19 heavy (non-hydrogen) atoms. The molecule has 2 rings (SSSR count). The molecule has 1 fully saturated rings. The summed E-state index contributed by atoms with van der Waals surface area (Å²) in [5, 5.41) is 0.742. The first-order chi connectivity index (χ1) is 8.82. The molecule has 2 unspecified atom stereocenters. The Balaban J connectivity index is 2.48. The number of Topliss-reactive ketones (excluding diaryl/α,β-unsaturated/α-hetero) is 1. The molecule has 1 amide bonds.